The van der Waals surface area contributed by atoms with Crippen LogP contribution in [0.25, 0.3) is 0 Å². The van der Waals surface area contributed by atoms with Gasteiger partial charge in [-0.25, -0.2) is 0 Å². The summed E-state index contributed by atoms with van der Waals surface area (Å²) < 4.78 is 5.80. The van der Waals surface area contributed by atoms with Gasteiger partial charge in [-0.2, -0.15) is 0 Å². The Morgan fingerprint density at radius 2 is 2.10 bits per heavy atom. The van der Waals surface area contributed by atoms with Crippen molar-refractivity contribution in [3.8, 4) is 5.75 Å². The van der Waals surface area contributed by atoms with E-state index in [1.54, 1.807) is 0 Å². The molecule has 0 amide bonds. The summed E-state index contributed by atoms with van der Waals surface area (Å²) >= 11 is 6.14. The Morgan fingerprint density at radius 1 is 1.24 bits per heavy atom. The number of benzene rings is 2. The average molecular weight is 302 g/mol. The van der Waals surface area contributed by atoms with E-state index >= 15 is 0 Å². The minimum atomic E-state index is 0.438. The highest BCUT2D eigenvalue weighted by Gasteiger charge is 2.27. The summed E-state index contributed by atoms with van der Waals surface area (Å²) in [5.74, 6) is 1.93. The summed E-state index contributed by atoms with van der Waals surface area (Å²) in [5.41, 5.74) is 2.63. The first kappa shape index (κ1) is 14.4. The molecule has 3 rings (SSSR count). The summed E-state index contributed by atoms with van der Waals surface area (Å²) in [4.78, 5) is 0. The van der Waals surface area contributed by atoms with E-state index in [1.165, 1.54) is 11.1 Å². The lowest BCUT2D eigenvalue weighted by Gasteiger charge is -2.20. The largest absolute Gasteiger partial charge is 0.493 e. The number of hydrogen-bond donors (Lipinski definition) is 1. The Balaban J connectivity index is 1.80. The molecule has 2 aromatic rings. The Hall–Kier alpha value is -1.51. The molecule has 0 saturated heterocycles. The van der Waals surface area contributed by atoms with E-state index in [9.17, 15) is 0 Å². The van der Waals surface area contributed by atoms with E-state index in [1.807, 2.05) is 25.2 Å². The Labute approximate surface area is 131 Å². The molecule has 2 aromatic carbocycles. The van der Waals surface area contributed by atoms with Gasteiger partial charge in [0.15, 0.2) is 0 Å². The molecule has 0 aliphatic carbocycles. The van der Waals surface area contributed by atoms with E-state index in [0.717, 1.165) is 30.3 Å². The van der Waals surface area contributed by atoms with Crippen LogP contribution in [0, 0.1) is 0 Å². The van der Waals surface area contributed by atoms with Crippen LogP contribution in [0.2, 0.25) is 5.02 Å². The summed E-state index contributed by atoms with van der Waals surface area (Å²) in [5, 5.41) is 4.10. The van der Waals surface area contributed by atoms with Crippen molar-refractivity contribution in [1.82, 2.24) is 5.32 Å². The molecule has 1 N–H and O–H groups in total. The summed E-state index contributed by atoms with van der Waals surface area (Å²) in [7, 11) is 2.00. The van der Waals surface area contributed by atoms with E-state index < -0.39 is 0 Å². The highest BCUT2D eigenvalue weighted by atomic mass is 35.5. The van der Waals surface area contributed by atoms with Crippen LogP contribution in [0.15, 0.2) is 48.5 Å². The molecule has 2 atom stereocenters. The Morgan fingerprint density at radius 3 is 2.90 bits per heavy atom. The van der Waals surface area contributed by atoms with Gasteiger partial charge in [-0.3, -0.25) is 0 Å². The normalized spacial score (nSPS) is 18.1. The number of rotatable bonds is 5. The second-order valence-corrected chi connectivity index (χ2v) is 6.03. The Bertz CT molecular complexity index is 614. The van der Waals surface area contributed by atoms with Crippen LogP contribution in [-0.4, -0.2) is 20.2 Å². The third kappa shape index (κ3) is 3.22. The van der Waals surface area contributed by atoms with Crippen LogP contribution < -0.4 is 10.1 Å². The zero-order valence-electron chi connectivity index (χ0n) is 12.2. The first-order valence-electron chi connectivity index (χ1n) is 7.39. The van der Waals surface area contributed by atoms with Gasteiger partial charge >= 0.3 is 0 Å². The molecule has 110 valence electrons. The maximum Gasteiger partial charge on any atom is 0.122 e. The monoisotopic (exact) mass is 301 g/mol. The van der Waals surface area contributed by atoms with Gasteiger partial charge in [0.2, 0.25) is 0 Å². The number of halogens is 1. The van der Waals surface area contributed by atoms with E-state index in [4.69, 9.17) is 16.3 Å². The maximum atomic E-state index is 6.14. The molecule has 0 aromatic heterocycles. The quantitative estimate of drug-likeness (QED) is 0.893. The molecule has 1 aliphatic rings. The standard InChI is InChI=1S/C18H20ClNO/c1-20-11-14(13-5-4-6-16(19)10-13)9-15-12-21-18-8-3-2-7-17(15)18/h2-8,10,14-15,20H,9,11-12H2,1H3. The number of nitrogens with one attached hydrogen (secondary N) is 1. The molecule has 21 heavy (non-hydrogen) atoms. The van der Waals surface area contributed by atoms with Gasteiger partial charge in [-0.15, -0.1) is 0 Å². The highest BCUT2D eigenvalue weighted by Crippen LogP contribution is 2.39. The van der Waals surface area contributed by atoms with Crippen LogP contribution in [0.1, 0.15) is 29.4 Å². The molecule has 0 saturated carbocycles. The lowest BCUT2D eigenvalue weighted by Crippen LogP contribution is -2.20. The zero-order chi connectivity index (χ0) is 14.7. The number of likely N-dealkylation sites (N-methyl/N-ethyl adjacent to an activating group) is 1. The molecule has 0 radical (unpaired) electrons. The second-order valence-electron chi connectivity index (χ2n) is 5.59. The van der Waals surface area contributed by atoms with Crippen molar-refractivity contribution in [3.63, 3.8) is 0 Å². The van der Waals surface area contributed by atoms with Crippen LogP contribution in [0.3, 0.4) is 0 Å². The number of para-hydroxylation sites is 1. The van der Waals surface area contributed by atoms with E-state index in [0.29, 0.717) is 11.8 Å². The minimum absolute atomic E-state index is 0.438. The molecule has 1 heterocycles. The third-order valence-electron chi connectivity index (χ3n) is 4.14. The highest BCUT2D eigenvalue weighted by molar-refractivity contribution is 6.30. The molecule has 0 spiro atoms. The van der Waals surface area contributed by atoms with Crippen molar-refractivity contribution in [2.75, 3.05) is 20.2 Å². The van der Waals surface area contributed by atoms with Crippen LogP contribution >= 0.6 is 11.6 Å². The van der Waals surface area contributed by atoms with Crippen molar-refractivity contribution < 1.29 is 4.74 Å². The van der Waals surface area contributed by atoms with Gasteiger partial charge in [-0.05, 0) is 43.1 Å². The number of fused-ring (bicyclic) bond motifs is 1. The average Bonchev–Trinajstić information content (AvgIpc) is 2.90. The lowest BCUT2D eigenvalue weighted by atomic mass is 9.86. The van der Waals surface area contributed by atoms with Crippen molar-refractivity contribution in [2.45, 2.75) is 18.3 Å². The van der Waals surface area contributed by atoms with Crippen LogP contribution in [0.5, 0.6) is 5.75 Å². The van der Waals surface area contributed by atoms with Crippen molar-refractivity contribution >= 4 is 11.6 Å². The fourth-order valence-corrected chi connectivity index (χ4v) is 3.31. The first-order chi connectivity index (χ1) is 10.3. The lowest BCUT2D eigenvalue weighted by molar-refractivity contribution is 0.317. The summed E-state index contributed by atoms with van der Waals surface area (Å²) in [6, 6.07) is 16.6. The SMILES string of the molecule is CNCC(CC1COc2ccccc21)c1cccc(Cl)c1. The predicted octanol–water partition coefficient (Wildman–Crippen LogP) is 4.21. The fraction of sp³-hybridized carbons (Fsp3) is 0.333. The van der Waals surface area contributed by atoms with Crippen molar-refractivity contribution in [1.29, 1.82) is 0 Å². The first-order valence-corrected chi connectivity index (χ1v) is 7.77. The number of hydrogen-bond acceptors (Lipinski definition) is 2. The predicted molar refractivity (Wildman–Crippen MR) is 87.4 cm³/mol. The summed E-state index contributed by atoms with van der Waals surface area (Å²) in [6.07, 6.45) is 1.07. The van der Waals surface area contributed by atoms with E-state index in [2.05, 4.69) is 35.6 Å². The molecule has 1 aliphatic heterocycles. The van der Waals surface area contributed by atoms with Crippen LogP contribution in [0.4, 0.5) is 0 Å². The minimum Gasteiger partial charge on any atom is -0.493 e. The van der Waals surface area contributed by atoms with Gasteiger partial charge in [-0.1, -0.05) is 41.9 Å². The fourth-order valence-electron chi connectivity index (χ4n) is 3.11. The maximum absolute atomic E-state index is 6.14. The van der Waals surface area contributed by atoms with Gasteiger partial charge in [0.1, 0.15) is 5.75 Å². The van der Waals surface area contributed by atoms with Crippen LogP contribution in [-0.2, 0) is 0 Å². The molecular formula is C18H20ClNO. The van der Waals surface area contributed by atoms with E-state index in [-0.39, 0.29) is 0 Å². The molecule has 0 fully saturated rings. The van der Waals surface area contributed by atoms with Gasteiger partial charge < -0.3 is 10.1 Å². The van der Waals surface area contributed by atoms with Crippen molar-refractivity contribution in [3.05, 3.63) is 64.7 Å². The molecule has 3 heteroatoms. The smallest absolute Gasteiger partial charge is 0.122 e. The second kappa shape index (κ2) is 6.50. The molecular weight excluding hydrogens is 282 g/mol. The third-order valence-corrected chi connectivity index (χ3v) is 4.37. The van der Waals surface area contributed by atoms with Crippen molar-refractivity contribution in [2.24, 2.45) is 0 Å². The topological polar surface area (TPSA) is 21.3 Å². The molecule has 0 bridgehead atoms. The zero-order valence-corrected chi connectivity index (χ0v) is 12.9. The van der Waals surface area contributed by atoms with Gasteiger partial charge in [0.05, 0.1) is 6.61 Å². The number of ether oxygens (including phenoxy) is 1. The van der Waals surface area contributed by atoms with Gasteiger partial charge in [0.25, 0.3) is 0 Å². The Kier molecular flexibility index (Phi) is 4.47. The molecule has 2 nitrogen and oxygen atoms in total. The summed E-state index contributed by atoms with van der Waals surface area (Å²) in [6.45, 7) is 1.72. The van der Waals surface area contributed by atoms with Gasteiger partial charge in [0, 0.05) is 23.0 Å². The molecule has 2 unspecified atom stereocenters.